The van der Waals surface area contributed by atoms with Crippen LogP contribution < -0.4 is 10.6 Å². The van der Waals surface area contributed by atoms with Gasteiger partial charge in [0.25, 0.3) is 0 Å². The van der Waals surface area contributed by atoms with E-state index in [-0.39, 0.29) is 30.1 Å². The number of ether oxygens (including phenoxy) is 1. The number of nitrogens with zero attached hydrogens (tertiary/aromatic N) is 2. The van der Waals surface area contributed by atoms with Gasteiger partial charge in [-0.15, -0.1) is 24.0 Å². The predicted octanol–water partition coefficient (Wildman–Crippen LogP) is 3.02. The van der Waals surface area contributed by atoms with Crippen LogP contribution in [0, 0.1) is 0 Å². The molecule has 0 radical (unpaired) electrons. The fraction of sp³-hybridized carbons (Fsp3) is 0.579. The molecule has 1 aromatic carbocycles. The number of benzene rings is 1. The van der Waals surface area contributed by atoms with Crippen LogP contribution in [0.15, 0.2) is 35.3 Å². The van der Waals surface area contributed by atoms with Gasteiger partial charge in [0.05, 0.1) is 6.61 Å². The average Bonchev–Trinajstić information content (AvgIpc) is 2.63. The number of hydrogen-bond acceptors (Lipinski definition) is 3. The zero-order valence-corrected chi connectivity index (χ0v) is 18.1. The Kier molecular flexibility index (Phi) is 11.1. The minimum atomic E-state index is -0.204. The highest BCUT2D eigenvalue weighted by Gasteiger charge is 2.23. The van der Waals surface area contributed by atoms with Gasteiger partial charge in [0, 0.05) is 32.2 Å². The quantitative estimate of drug-likeness (QED) is 0.378. The lowest BCUT2D eigenvalue weighted by molar-refractivity contribution is 0.0963. The Morgan fingerprint density at radius 3 is 2.54 bits per heavy atom. The number of nitrogens with one attached hydrogen (secondary N) is 2. The number of rotatable bonds is 6. The topological polar surface area (TPSA) is 66.0 Å². The van der Waals surface area contributed by atoms with Crippen molar-refractivity contribution >= 4 is 36.0 Å². The lowest BCUT2D eigenvalue weighted by Gasteiger charge is -2.32. The normalized spacial score (nSPS) is 15.2. The first-order chi connectivity index (χ1) is 12.2. The van der Waals surface area contributed by atoms with Crippen molar-refractivity contribution in [1.29, 1.82) is 0 Å². The number of amides is 1. The third kappa shape index (κ3) is 7.80. The van der Waals surface area contributed by atoms with E-state index < -0.39 is 0 Å². The summed E-state index contributed by atoms with van der Waals surface area (Å²) in [6.07, 6.45) is 2.53. The summed E-state index contributed by atoms with van der Waals surface area (Å²) in [6.45, 7) is 7.36. The van der Waals surface area contributed by atoms with Crippen molar-refractivity contribution in [2.24, 2.45) is 4.99 Å². The smallest absolute Gasteiger partial charge is 0.409 e. The molecular formula is C19H31IN4O2. The van der Waals surface area contributed by atoms with E-state index in [1.165, 1.54) is 5.56 Å². The van der Waals surface area contributed by atoms with Gasteiger partial charge >= 0.3 is 6.09 Å². The van der Waals surface area contributed by atoms with E-state index in [1.807, 2.05) is 13.0 Å². The van der Waals surface area contributed by atoms with E-state index in [0.717, 1.165) is 51.4 Å². The van der Waals surface area contributed by atoms with E-state index in [9.17, 15) is 4.79 Å². The molecule has 2 rings (SSSR count). The van der Waals surface area contributed by atoms with E-state index in [2.05, 4.69) is 46.8 Å². The van der Waals surface area contributed by atoms with Gasteiger partial charge < -0.3 is 20.3 Å². The van der Waals surface area contributed by atoms with Gasteiger partial charge in [-0.25, -0.2) is 4.79 Å². The van der Waals surface area contributed by atoms with Crippen LogP contribution >= 0.6 is 24.0 Å². The van der Waals surface area contributed by atoms with Crippen molar-refractivity contribution in [2.45, 2.75) is 39.2 Å². The van der Waals surface area contributed by atoms with Crippen LogP contribution in [-0.4, -0.2) is 55.8 Å². The molecule has 0 atom stereocenters. The van der Waals surface area contributed by atoms with Crippen molar-refractivity contribution in [2.75, 3.05) is 32.8 Å². The molecule has 2 N–H and O–H groups in total. The molecule has 0 unspecified atom stereocenters. The van der Waals surface area contributed by atoms with Crippen molar-refractivity contribution in [1.82, 2.24) is 15.5 Å². The zero-order valence-electron chi connectivity index (χ0n) is 15.7. The van der Waals surface area contributed by atoms with Crippen molar-refractivity contribution in [3.8, 4) is 0 Å². The van der Waals surface area contributed by atoms with Gasteiger partial charge in [-0.2, -0.15) is 0 Å². The molecule has 1 aromatic rings. The summed E-state index contributed by atoms with van der Waals surface area (Å²) >= 11 is 0. The van der Waals surface area contributed by atoms with Gasteiger partial charge in [0.2, 0.25) is 0 Å². The largest absolute Gasteiger partial charge is 0.450 e. The number of carbonyl (C=O) groups excluding carboxylic acids is 1. The Morgan fingerprint density at radius 1 is 1.23 bits per heavy atom. The van der Waals surface area contributed by atoms with Gasteiger partial charge in [0.15, 0.2) is 5.96 Å². The molecule has 0 aromatic heterocycles. The van der Waals surface area contributed by atoms with Gasteiger partial charge in [0.1, 0.15) is 0 Å². The van der Waals surface area contributed by atoms with Gasteiger partial charge in [-0.3, -0.25) is 4.99 Å². The van der Waals surface area contributed by atoms with Crippen molar-refractivity contribution in [3.05, 3.63) is 35.9 Å². The van der Waals surface area contributed by atoms with Gasteiger partial charge in [-0.1, -0.05) is 30.3 Å². The Hall–Kier alpha value is -1.51. The molecule has 146 valence electrons. The third-order valence-corrected chi connectivity index (χ3v) is 4.22. The second kappa shape index (κ2) is 12.8. The second-order valence-electron chi connectivity index (χ2n) is 6.10. The molecule has 26 heavy (non-hydrogen) atoms. The number of piperidine rings is 1. The van der Waals surface area contributed by atoms with Crippen molar-refractivity contribution < 1.29 is 9.53 Å². The fourth-order valence-electron chi connectivity index (χ4n) is 2.88. The molecular weight excluding hydrogens is 443 g/mol. The summed E-state index contributed by atoms with van der Waals surface area (Å²) in [5.74, 6) is 0.855. The first-order valence-corrected chi connectivity index (χ1v) is 9.23. The molecule has 1 aliphatic heterocycles. The Labute approximate surface area is 173 Å². The molecule has 1 heterocycles. The molecule has 7 heteroatoms. The summed E-state index contributed by atoms with van der Waals surface area (Å²) in [5, 5.41) is 6.80. The molecule has 0 spiro atoms. The number of carbonyl (C=O) groups is 1. The summed E-state index contributed by atoms with van der Waals surface area (Å²) in [4.78, 5) is 18.2. The predicted molar refractivity (Wildman–Crippen MR) is 116 cm³/mol. The zero-order chi connectivity index (χ0) is 17.9. The van der Waals surface area contributed by atoms with Gasteiger partial charge in [-0.05, 0) is 38.7 Å². The molecule has 6 nitrogen and oxygen atoms in total. The van der Waals surface area contributed by atoms with Crippen molar-refractivity contribution in [3.63, 3.8) is 0 Å². The van der Waals surface area contributed by atoms with Crippen LogP contribution in [-0.2, 0) is 11.2 Å². The Morgan fingerprint density at radius 2 is 1.92 bits per heavy atom. The lowest BCUT2D eigenvalue weighted by atomic mass is 10.1. The van der Waals surface area contributed by atoms with Crippen LogP contribution in [0.5, 0.6) is 0 Å². The van der Waals surface area contributed by atoms with Crippen LogP contribution in [0.2, 0.25) is 0 Å². The first kappa shape index (κ1) is 22.5. The molecule has 0 bridgehead atoms. The Balaban J connectivity index is 0.00000338. The summed E-state index contributed by atoms with van der Waals surface area (Å²) in [6, 6.07) is 10.7. The average molecular weight is 474 g/mol. The van der Waals surface area contributed by atoms with Crippen LogP contribution in [0.4, 0.5) is 4.79 Å². The molecule has 0 saturated carbocycles. The summed E-state index contributed by atoms with van der Waals surface area (Å²) < 4.78 is 5.06. The number of likely N-dealkylation sites (tertiary alicyclic amines) is 1. The van der Waals surface area contributed by atoms with Crippen LogP contribution in [0.1, 0.15) is 32.3 Å². The van der Waals surface area contributed by atoms with E-state index in [4.69, 9.17) is 4.74 Å². The highest BCUT2D eigenvalue weighted by atomic mass is 127. The minimum absolute atomic E-state index is 0. The second-order valence-corrected chi connectivity index (χ2v) is 6.10. The van der Waals surface area contributed by atoms with Crippen LogP contribution in [0.25, 0.3) is 0 Å². The molecule has 1 saturated heterocycles. The molecule has 1 fully saturated rings. The van der Waals surface area contributed by atoms with E-state index in [1.54, 1.807) is 4.90 Å². The maximum Gasteiger partial charge on any atom is 0.409 e. The SMILES string of the molecule is CCNC(=NCCc1ccccc1)NC1CCN(C(=O)OCC)CC1.I. The van der Waals surface area contributed by atoms with Crippen LogP contribution in [0.3, 0.4) is 0 Å². The molecule has 1 aliphatic rings. The highest BCUT2D eigenvalue weighted by molar-refractivity contribution is 14.0. The lowest BCUT2D eigenvalue weighted by Crippen LogP contribution is -2.50. The number of guanidine groups is 1. The molecule has 1 amide bonds. The first-order valence-electron chi connectivity index (χ1n) is 9.23. The summed E-state index contributed by atoms with van der Waals surface area (Å²) in [5.41, 5.74) is 1.30. The maximum atomic E-state index is 11.8. The minimum Gasteiger partial charge on any atom is -0.450 e. The highest BCUT2D eigenvalue weighted by Crippen LogP contribution is 2.11. The van der Waals surface area contributed by atoms with E-state index in [0.29, 0.717) is 12.6 Å². The number of hydrogen-bond donors (Lipinski definition) is 2. The number of halogens is 1. The third-order valence-electron chi connectivity index (χ3n) is 4.22. The maximum absolute atomic E-state index is 11.8. The summed E-state index contributed by atoms with van der Waals surface area (Å²) in [7, 11) is 0. The van der Waals surface area contributed by atoms with E-state index >= 15 is 0 Å². The fourth-order valence-corrected chi connectivity index (χ4v) is 2.88. The molecule has 0 aliphatic carbocycles. The number of aliphatic imine (C=N–C) groups is 1. The standard InChI is InChI=1S/C19H30N4O2.HI/c1-3-20-18(21-13-10-16-8-6-5-7-9-16)22-17-11-14-23(15-12-17)19(24)25-4-2;/h5-9,17H,3-4,10-15H2,1-2H3,(H2,20,21,22);1H. The Bertz CT molecular complexity index is 546. The monoisotopic (exact) mass is 474 g/mol.